The third-order valence-corrected chi connectivity index (χ3v) is 3.52. The van der Waals surface area contributed by atoms with Crippen LogP contribution >= 0.6 is 0 Å². The Labute approximate surface area is 114 Å². The highest BCUT2D eigenvalue weighted by molar-refractivity contribution is 5.43. The second kappa shape index (κ2) is 5.80. The molecule has 0 spiro atoms. The van der Waals surface area contributed by atoms with Crippen molar-refractivity contribution in [1.29, 1.82) is 0 Å². The minimum Gasteiger partial charge on any atom is -0.493 e. The van der Waals surface area contributed by atoms with E-state index >= 15 is 0 Å². The molecule has 0 aromatic heterocycles. The fourth-order valence-electron chi connectivity index (χ4n) is 2.31. The molecule has 1 aromatic rings. The Hall–Kier alpha value is -1.26. The summed E-state index contributed by atoms with van der Waals surface area (Å²) in [5.41, 5.74) is 0.850. The van der Waals surface area contributed by atoms with Gasteiger partial charge in [0.1, 0.15) is 0 Å². The standard InChI is InChI=1S/C15H23NO3/c1-15(10-17,16-12-5-6-12)9-11-4-7-13(18-2)14(8-11)19-3/h4,7-8,12,16-17H,5-6,9-10H2,1-3H3. The Morgan fingerprint density at radius 1 is 1.26 bits per heavy atom. The van der Waals surface area contributed by atoms with Gasteiger partial charge in [0.2, 0.25) is 0 Å². The number of methoxy groups -OCH3 is 2. The van der Waals surface area contributed by atoms with Gasteiger partial charge in [-0.05, 0) is 43.9 Å². The van der Waals surface area contributed by atoms with E-state index in [-0.39, 0.29) is 12.1 Å². The first kappa shape index (κ1) is 14.2. The van der Waals surface area contributed by atoms with Crippen molar-refractivity contribution in [3.05, 3.63) is 23.8 Å². The maximum absolute atomic E-state index is 9.63. The van der Waals surface area contributed by atoms with E-state index in [9.17, 15) is 5.11 Å². The van der Waals surface area contributed by atoms with Crippen LogP contribution < -0.4 is 14.8 Å². The highest BCUT2D eigenvalue weighted by atomic mass is 16.5. The monoisotopic (exact) mass is 265 g/mol. The molecule has 1 saturated carbocycles. The van der Waals surface area contributed by atoms with E-state index in [0.29, 0.717) is 6.04 Å². The molecule has 2 N–H and O–H groups in total. The number of benzene rings is 1. The lowest BCUT2D eigenvalue weighted by atomic mass is 9.93. The van der Waals surface area contributed by atoms with Crippen LogP contribution in [-0.2, 0) is 6.42 Å². The van der Waals surface area contributed by atoms with Gasteiger partial charge in [0, 0.05) is 11.6 Å². The van der Waals surface area contributed by atoms with E-state index in [0.717, 1.165) is 23.5 Å². The zero-order valence-electron chi connectivity index (χ0n) is 11.9. The summed E-state index contributed by atoms with van der Waals surface area (Å²) in [5, 5.41) is 13.1. The van der Waals surface area contributed by atoms with Crippen LogP contribution in [0.3, 0.4) is 0 Å². The minimum absolute atomic E-state index is 0.123. The van der Waals surface area contributed by atoms with Crippen molar-refractivity contribution in [3.63, 3.8) is 0 Å². The number of aliphatic hydroxyl groups excluding tert-OH is 1. The van der Waals surface area contributed by atoms with Gasteiger partial charge in [0.15, 0.2) is 11.5 Å². The summed E-state index contributed by atoms with van der Waals surface area (Å²) in [5.74, 6) is 1.46. The first-order valence-corrected chi connectivity index (χ1v) is 6.69. The lowest BCUT2D eigenvalue weighted by Crippen LogP contribution is -2.48. The second-order valence-electron chi connectivity index (χ2n) is 5.50. The zero-order chi connectivity index (χ0) is 13.9. The lowest BCUT2D eigenvalue weighted by Gasteiger charge is -2.29. The summed E-state index contributed by atoms with van der Waals surface area (Å²) in [7, 11) is 3.26. The molecule has 1 fully saturated rings. The van der Waals surface area contributed by atoms with E-state index in [2.05, 4.69) is 12.2 Å². The molecule has 1 aliphatic carbocycles. The van der Waals surface area contributed by atoms with E-state index in [1.807, 2.05) is 18.2 Å². The highest BCUT2D eigenvalue weighted by Gasteiger charge is 2.32. The Balaban J connectivity index is 2.12. The third kappa shape index (κ3) is 3.61. The van der Waals surface area contributed by atoms with Crippen LogP contribution in [-0.4, -0.2) is 37.5 Å². The number of rotatable bonds is 7. The summed E-state index contributed by atoms with van der Waals surface area (Å²) >= 11 is 0. The summed E-state index contributed by atoms with van der Waals surface area (Å²) in [6.07, 6.45) is 3.18. The molecule has 1 unspecified atom stereocenters. The van der Waals surface area contributed by atoms with Crippen LogP contribution in [0.25, 0.3) is 0 Å². The maximum atomic E-state index is 9.63. The predicted octanol–water partition coefficient (Wildman–Crippen LogP) is 1.75. The van der Waals surface area contributed by atoms with Crippen LogP contribution in [0.2, 0.25) is 0 Å². The second-order valence-corrected chi connectivity index (χ2v) is 5.50. The molecule has 0 radical (unpaired) electrons. The quantitative estimate of drug-likeness (QED) is 0.788. The van der Waals surface area contributed by atoms with Crippen molar-refractivity contribution in [2.75, 3.05) is 20.8 Å². The van der Waals surface area contributed by atoms with Crippen molar-refractivity contribution in [2.45, 2.75) is 37.8 Å². The molecule has 4 heteroatoms. The Kier molecular flexibility index (Phi) is 4.32. The molecule has 2 rings (SSSR count). The van der Waals surface area contributed by atoms with Crippen molar-refractivity contribution >= 4 is 0 Å². The van der Waals surface area contributed by atoms with Crippen molar-refractivity contribution in [2.24, 2.45) is 0 Å². The topological polar surface area (TPSA) is 50.7 Å². The third-order valence-electron chi connectivity index (χ3n) is 3.52. The maximum Gasteiger partial charge on any atom is 0.160 e. The van der Waals surface area contributed by atoms with Crippen LogP contribution in [0.5, 0.6) is 11.5 Å². The Bertz CT molecular complexity index is 431. The normalized spacial score (nSPS) is 17.9. The van der Waals surface area contributed by atoms with Gasteiger partial charge < -0.3 is 19.9 Å². The van der Waals surface area contributed by atoms with Crippen LogP contribution in [0.4, 0.5) is 0 Å². The molecule has 4 nitrogen and oxygen atoms in total. The van der Waals surface area contributed by atoms with E-state index < -0.39 is 0 Å². The summed E-state index contributed by atoms with van der Waals surface area (Å²) in [6.45, 7) is 2.18. The van der Waals surface area contributed by atoms with E-state index in [4.69, 9.17) is 9.47 Å². The molecule has 106 valence electrons. The SMILES string of the molecule is COc1ccc(CC(C)(CO)NC2CC2)cc1OC. The number of hydrogen-bond donors (Lipinski definition) is 2. The fourth-order valence-corrected chi connectivity index (χ4v) is 2.31. The van der Waals surface area contributed by atoms with Crippen LogP contribution in [0, 0.1) is 0 Å². The first-order valence-electron chi connectivity index (χ1n) is 6.69. The van der Waals surface area contributed by atoms with Crippen molar-refractivity contribution in [1.82, 2.24) is 5.32 Å². The average Bonchev–Trinajstić information content (AvgIpc) is 3.22. The molecule has 1 aromatic carbocycles. The highest BCUT2D eigenvalue weighted by Crippen LogP contribution is 2.30. The Morgan fingerprint density at radius 2 is 1.95 bits per heavy atom. The first-order chi connectivity index (χ1) is 9.10. The Morgan fingerprint density at radius 3 is 2.47 bits per heavy atom. The molecule has 0 aliphatic heterocycles. The van der Waals surface area contributed by atoms with Gasteiger partial charge in [0.25, 0.3) is 0 Å². The molecule has 0 heterocycles. The molecule has 0 bridgehead atoms. The predicted molar refractivity (Wildman–Crippen MR) is 74.9 cm³/mol. The molecular formula is C15H23NO3. The zero-order valence-corrected chi connectivity index (χ0v) is 11.9. The lowest BCUT2D eigenvalue weighted by molar-refractivity contribution is 0.172. The molecule has 19 heavy (non-hydrogen) atoms. The summed E-state index contributed by atoms with van der Waals surface area (Å²) < 4.78 is 10.5. The average molecular weight is 265 g/mol. The summed E-state index contributed by atoms with van der Waals surface area (Å²) in [4.78, 5) is 0. The van der Waals surface area contributed by atoms with E-state index in [1.54, 1.807) is 14.2 Å². The van der Waals surface area contributed by atoms with Gasteiger partial charge in [-0.1, -0.05) is 6.07 Å². The van der Waals surface area contributed by atoms with Crippen LogP contribution in [0.1, 0.15) is 25.3 Å². The van der Waals surface area contributed by atoms with Crippen molar-refractivity contribution in [3.8, 4) is 11.5 Å². The molecule has 0 saturated heterocycles. The van der Waals surface area contributed by atoms with Crippen LogP contribution in [0.15, 0.2) is 18.2 Å². The van der Waals surface area contributed by atoms with Crippen molar-refractivity contribution < 1.29 is 14.6 Å². The van der Waals surface area contributed by atoms with Gasteiger partial charge in [-0.25, -0.2) is 0 Å². The number of ether oxygens (including phenoxy) is 2. The number of hydrogen-bond acceptors (Lipinski definition) is 4. The summed E-state index contributed by atoms with van der Waals surface area (Å²) in [6, 6.07) is 6.46. The van der Waals surface area contributed by atoms with E-state index in [1.165, 1.54) is 12.8 Å². The molecule has 0 amide bonds. The van der Waals surface area contributed by atoms with Gasteiger partial charge in [0.05, 0.1) is 20.8 Å². The molecule has 1 atom stereocenters. The smallest absolute Gasteiger partial charge is 0.160 e. The molecular weight excluding hydrogens is 242 g/mol. The molecule has 1 aliphatic rings. The fraction of sp³-hybridized carbons (Fsp3) is 0.600. The number of aliphatic hydroxyl groups is 1. The number of nitrogens with one attached hydrogen (secondary N) is 1. The van der Waals surface area contributed by atoms with Gasteiger partial charge >= 0.3 is 0 Å². The minimum atomic E-state index is -0.277. The van der Waals surface area contributed by atoms with Gasteiger partial charge in [-0.2, -0.15) is 0 Å². The van der Waals surface area contributed by atoms with Gasteiger partial charge in [-0.15, -0.1) is 0 Å². The largest absolute Gasteiger partial charge is 0.493 e. The van der Waals surface area contributed by atoms with Gasteiger partial charge in [-0.3, -0.25) is 0 Å².